The monoisotopic (exact) mass is 492 g/mol. The number of thioether (sulfide) groups is 1. The van der Waals surface area contributed by atoms with Gasteiger partial charge in [-0.15, -0.1) is 10.2 Å². The summed E-state index contributed by atoms with van der Waals surface area (Å²) >= 11 is 4.99. The molecule has 0 aliphatic heterocycles. The topological polar surface area (TPSA) is 51.0 Å². The number of amides is 1. The van der Waals surface area contributed by atoms with Crippen LogP contribution in [-0.2, 0) is 11.3 Å². The predicted molar refractivity (Wildman–Crippen MR) is 130 cm³/mol. The van der Waals surface area contributed by atoms with Crippen LogP contribution in [0.1, 0.15) is 6.92 Å². The Morgan fingerprint density at radius 2 is 1.48 bits per heavy atom. The van der Waals surface area contributed by atoms with Crippen LogP contribution < -0.4 is 4.90 Å². The first kappa shape index (κ1) is 21.3. The lowest BCUT2D eigenvalue weighted by Crippen LogP contribution is -2.27. The Bertz CT molecular complexity index is 1130. The molecule has 0 saturated heterocycles. The fourth-order valence-corrected chi connectivity index (χ4v) is 4.62. The predicted octanol–water partition coefficient (Wildman–Crippen LogP) is 6.18. The van der Waals surface area contributed by atoms with Gasteiger partial charge in [-0.2, -0.15) is 0 Å². The molecule has 7 heteroatoms. The van der Waals surface area contributed by atoms with E-state index in [1.165, 1.54) is 11.8 Å². The van der Waals surface area contributed by atoms with Gasteiger partial charge in [-0.05, 0) is 37.3 Å². The molecule has 0 aliphatic rings. The van der Waals surface area contributed by atoms with Gasteiger partial charge in [0, 0.05) is 28.0 Å². The minimum atomic E-state index is -0.0181. The van der Waals surface area contributed by atoms with Crippen molar-refractivity contribution < 1.29 is 4.79 Å². The Hall–Kier alpha value is -2.90. The van der Waals surface area contributed by atoms with Gasteiger partial charge in [0.15, 0.2) is 11.0 Å². The molecule has 0 spiro atoms. The Morgan fingerprint density at radius 1 is 0.903 bits per heavy atom. The quantitative estimate of drug-likeness (QED) is 0.289. The Kier molecular flexibility index (Phi) is 6.84. The first-order valence-corrected chi connectivity index (χ1v) is 11.7. The molecule has 31 heavy (non-hydrogen) atoms. The smallest absolute Gasteiger partial charge is 0.242 e. The molecule has 4 rings (SSSR count). The summed E-state index contributed by atoms with van der Waals surface area (Å²) in [5.41, 5.74) is 2.65. The van der Waals surface area contributed by atoms with Gasteiger partial charge < -0.3 is 4.57 Å². The molecule has 1 aromatic heterocycles. The van der Waals surface area contributed by atoms with Crippen molar-refractivity contribution in [3.05, 3.63) is 89.4 Å². The van der Waals surface area contributed by atoms with E-state index in [0.717, 1.165) is 32.4 Å². The lowest BCUT2D eigenvalue weighted by Gasteiger charge is -2.23. The van der Waals surface area contributed by atoms with E-state index in [-0.39, 0.29) is 11.7 Å². The van der Waals surface area contributed by atoms with E-state index in [1.54, 1.807) is 4.90 Å². The molecule has 0 fully saturated rings. The van der Waals surface area contributed by atoms with Crippen LogP contribution in [0.15, 0.2) is 94.6 Å². The summed E-state index contributed by atoms with van der Waals surface area (Å²) < 4.78 is 3.00. The van der Waals surface area contributed by atoms with E-state index in [9.17, 15) is 4.79 Å². The molecule has 0 unspecified atom stereocenters. The molecule has 5 nitrogen and oxygen atoms in total. The fraction of sp³-hybridized carbons (Fsp3) is 0.125. The van der Waals surface area contributed by atoms with Gasteiger partial charge in [0.1, 0.15) is 0 Å². The number of halogens is 1. The summed E-state index contributed by atoms with van der Waals surface area (Å²) in [6, 6.07) is 27.3. The van der Waals surface area contributed by atoms with Crippen molar-refractivity contribution in [1.82, 2.24) is 14.8 Å². The minimum absolute atomic E-state index is 0.0181. The number of aromatic nitrogens is 3. The van der Waals surface area contributed by atoms with Crippen molar-refractivity contribution in [2.45, 2.75) is 18.6 Å². The summed E-state index contributed by atoms with van der Waals surface area (Å²) in [4.78, 5) is 15.0. The fourth-order valence-electron chi connectivity index (χ4n) is 3.30. The second kappa shape index (κ2) is 9.94. The zero-order chi connectivity index (χ0) is 21.6. The molecule has 4 aromatic rings. The molecular formula is C24H21BrN4OS. The molecule has 0 radical (unpaired) electrons. The van der Waals surface area contributed by atoms with Crippen molar-refractivity contribution in [1.29, 1.82) is 0 Å². The van der Waals surface area contributed by atoms with Gasteiger partial charge in [-0.1, -0.05) is 82.3 Å². The molecule has 3 aromatic carbocycles. The molecule has 0 bridgehead atoms. The van der Waals surface area contributed by atoms with E-state index in [1.807, 2.05) is 89.5 Å². The molecule has 0 aliphatic carbocycles. The molecular weight excluding hydrogens is 472 g/mol. The Balaban J connectivity index is 1.58. The van der Waals surface area contributed by atoms with Crippen LogP contribution in [0.5, 0.6) is 0 Å². The summed E-state index contributed by atoms with van der Waals surface area (Å²) in [6.07, 6.45) is 0. The van der Waals surface area contributed by atoms with Gasteiger partial charge in [0.2, 0.25) is 5.91 Å². The number of rotatable bonds is 7. The van der Waals surface area contributed by atoms with Crippen molar-refractivity contribution >= 4 is 45.0 Å². The zero-order valence-corrected chi connectivity index (χ0v) is 19.4. The normalized spacial score (nSPS) is 10.8. The maximum Gasteiger partial charge on any atom is 0.242 e. The van der Waals surface area contributed by atoms with Gasteiger partial charge in [-0.3, -0.25) is 9.69 Å². The average molecular weight is 493 g/mol. The number of hydrogen-bond donors (Lipinski definition) is 0. The zero-order valence-electron chi connectivity index (χ0n) is 17.0. The number of benzene rings is 3. The van der Waals surface area contributed by atoms with Crippen LogP contribution in [0, 0.1) is 0 Å². The van der Waals surface area contributed by atoms with Crippen LogP contribution in [0.4, 0.5) is 11.4 Å². The number of carbonyl (C=O) groups is 1. The molecule has 156 valence electrons. The Labute approximate surface area is 194 Å². The van der Waals surface area contributed by atoms with E-state index in [0.29, 0.717) is 6.54 Å². The van der Waals surface area contributed by atoms with Gasteiger partial charge in [0.05, 0.1) is 5.75 Å². The second-order valence-corrected chi connectivity index (χ2v) is 8.52. The number of para-hydroxylation sites is 2. The maximum atomic E-state index is 13.3. The maximum absolute atomic E-state index is 13.3. The number of anilines is 2. The molecule has 1 heterocycles. The van der Waals surface area contributed by atoms with E-state index < -0.39 is 0 Å². The molecule has 0 N–H and O–H groups in total. The minimum Gasteiger partial charge on any atom is -0.302 e. The summed E-state index contributed by atoms with van der Waals surface area (Å²) in [5, 5.41) is 9.48. The van der Waals surface area contributed by atoms with Crippen LogP contribution in [0.3, 0.4) is 0 Å². The van der Waals surface area contributed by atoms with Crippen molar-refractivity contribution in [2.75, 3.05) is 10.7 Å². The third-order valence-electron chi connectivity index (χ3n) is 4.75. The van der Waals surface area contributed by atoms with E-state index >= 15 is 0 Å². The second-order valence-electron chi connectivity index (χ2n) is 6.72. The number of carbonyl (C=O) groups excluding carboxylic acids is 1. The molecule has 1 amide bonds. The largest absolute Gasteiger partial charge is 0.302 e. The lowest BCUT2D eigenvalue weighted by molar-refractivity contribution is -0.115. The van der Waals surface area contributed by atoms with Gasteiger partial charge >= 0.3 is 0 Å². The van der Waals surface area contributed by atoms with Crippen LogP contribution in [0.2, 0.25) is 0 Å². The highest BCUT2D eigenvalue weighted by atomic mass is 79.9. The highest BCUT2D eigenvalue weighted by molar-refractivity contribution is 9.10. The first-order chi connectivity index (χ1) is 15.2. The van der Waals surface area contributed by atoms with Crippen LogP contribution >= 0.6 is 27.7 Å². The molecule has 0 saturated carbocycles. The third kappa shape index (κ3) is 4.73. The Morgan fingerprint density at radius 3 is 2.06 bits per heavy atom. The van der Waals surface area contributed by atoms with Crippen molar-refractivity contribution in [3.63, 3.8) is 0 Å². The standard InChI is InChI=1S/C24H21BrN4OS/c1-2-28-23(20-15-9-10-16-21(20)25)26-27-24(28)31-17-22(30)29(18-11-5-3-6-12-18)19-13-7-4-8-14-19/h3-16H,2,17H2,1H3. The third-order valence-corrected chi connectivity index (χ3v) is 6.39. The van der Waals surface area contributed by atoms with Crippen molar-refractivity contribution in [2.24, 2.45) is 0 Å². The number of nitrogens with zero attached hydrogens (tertiary/aromatic N) is 4. The van der Waals surface area contributed by atoms with Crippen LogP contribution in [-0.4, -0.2) is 26.4 Å². The highest BCUT2D eigenvalue weighted by Crippen LogP contribution is 2.31. The first-order valence-electron chi connectivity index (χ1n) is 9.93. The lowest BCUT2D eigenvalue weighted by atomic mass is 10.2. The van der Waals surface area contributed by atoms with E-state index in [4.69, 9.17) is 0 Å². The highest BCUT2D eigenvalue weighted by Gasteiger charge is 2.21. The average Bonchev–Trinajstić information content (AvgIpc) is 3.22. The van der Waals surface area contributed by atoms with Crippen molar-refractivity contribution in [3.8, 4) is 11.4 Å². The van der Waals surface area contributed by atoms with Crippen LogP contribution in [0.25, 0.3) is 11.4 Å². The summed E-state index contributed by atoms with van der Waals surface area (Å²) in [6.45, 7) is 2.76. The SMILES string of the molecule is CCn1c(SCC(=O)N(c2ccccc2)c2ccccc2)nnc1-c1ccccc1Br. The van der Waals surface area contributed by atoms with Gasteiger partial charge in [-0.25, -0.2) is 0 Å². The van der Waals surface area contributed by atoms with E-state index in [2.05, 4.69) is 33.1 Å². The molecule has 0 atom stereocenters. The summed E-state index contributed by atoms with van der Waals surface area (Å²) in [7, 11) is 0. The summed E-state index contributed by atoms with van der Waals surface area (Å²) in [5.74, 6) is 1.01. The number of hydrogen-bond acceptors (Lipinski definition) is 4. The van der Waals surface area contributed by atoms with Gasteiger partial charge in [0.25, 0.3) is 0 Å².